The molecule has 0 amide bonds. The number of unbranched alkanes of at least 4 members (excludes halogenated alkanes) is 16. The Kier molecular flexibility index (Phi) is 32.0. The lowest BCUT2D eigenvalue weighted by atomic mass is 10.1. The first-order valence-electron chi connectivity index (χ1n) is 20.0. The molecular weight excluding hydrogens is 630 g/mol. The molecule has 0 radical (unpaired) electrons. The van der Waals surface area contributed by atoms with Crippen molar-refractivity contribution in [1.29, 1.82) is 0 Å². The lowest BCUT2D eigenvalue weighted by molar-refractivity contribution is -0.889. The molecular formula is C42H75NO7. The third-order valence-corrected chi connectivity index (χ3v) is 8.78. The number of nitrogens with zero attached hydrogens (tertiary/aromatic N) is 1. The van der Waals surface area contributed by atoms with Crippen molar-refractivity contribution in [2.75, 3.05) is 41.0 Å². The highest BCUT2D eigenvalue weighted by Gasteiger charge is 2.25. The van der Waals surface area contributed by atoms with Crippen LogP contribution in [0.4, 0.5) is 0 Å². The van der Waals surface area contributed by atoms with E-state index in [-0.39, 0.29) is 42.7 Å². The summed E-state index contributed by atoms with van der Waals surface area (Å²) in [6.45, 7) is 4.56. The molecule has 0 heterocycles. The monoisotopic (exact) mass is 706 g/mol. The average molecular weight is 706 g/mol. The Balaban J connectivity index is 4.41. The summed E-state index contributed by atoms with van der Waals surface area (Å²) in [5.74, 6) is -1.77. The van der Waals surface area contributed by atoms with Gasteiger partial charge in [-0.3, -0.25) is 9.59 Å². The fourth-order valence-electron chi connectivity index (χ4n) is 5.57. The molecule has 50 heavy (non-hydrogen) atoms. The second kappa shape index (κ2) is 33.7. The highest BCUT2D eigenvalue weighted by molar-refractivity contribution is 5.70. The van der Waals surface area contributed by atoms with Crippen molar-refractivity contribution in [2.24, 2.45) is 0 Å². The maximum Gasteiger partial charge on any atom is 0.306 e. The lowest BCUT2D eigenvalue weighted by Crippen LogP contribution is -2.55. The molecule has 290 valence electrons. The molecule has 0 aliphatic rings. The summed E-state index contributed by atoms with van der Waals surface area (Å²) in [7, 11) is 5.39. The first-order chi connectivity index (χ1) is 24.1. The van der Waals surface area contributed by atoms with Gasteiger partial charge >= 0.3 is 11.9 Å². The van der Waals surface area contributed by atoms with Crippen LogP contribution in [0.25, 0.3) is 0 Å². The van der Waals surface area contributed by atoms with E-state index < -0.39 is 18.1 Å². The number of carbonyl (C=O) groups excluding carboxylic acids is 3. The van der Waals surface area contributed by atoms with Crippen molar-refractivity contribution in [3.05, 3.63) is 36.5 Å². The van der Waals surface area contributed by atoms with E-state index in [1.54, 1.807) is 21.1 Å². The predicted octanol–water partition coefficient (Wildman–Crippen LogP) is 8.96. The molecule has 8 nitrogen and oxygen atoms in total. The number of allylic oxidation sites excluding steroid dienone is 6. The lowest BCUT2D eigenvalue weighted by Gasteiger charge is -2.34. The molecule has 0 rings (SSSR count). The number of likely N-dealkylation sites (N-methyl/N-ethyl adjacent to an activating group) is 1. The fourth-order valence-corrected chi connectivity index (χ4v) is 5.57. The second-order valence-corrected chi connectivity index (χ2v) is 14.5. The smallest absolute Gasteiger partial charge is 0.306 e. The zero-order valence-electron chi connectivity index (χ0n) is 32.8. The van der Waals surface area contributed by atoms with Gasteiger partial charge in [0, 0.05) is 19.3 Å². The molecule has 0 saturated heterocycles. The van der Waals surface area contributed by atoms with E-state index in [1.807, 2.05) is 0 Å². The van der Waals surface area contributed by atoms with Crippen LogP contribution in [-0.2, 0) is 28.6 Å². The molecule has 0 spiro atoms. The molecule has 2 atom stereocenters. The van der Waals surface area contributed by atoms with Crippen LogP contribution in [0, 0.1) is 0 Å². The van der Waals surface area contributed by atoms with Gasteiger partial charge in [-0.1, -0.05) is 121 Å². The molecule has 2 unspecified atom stereocenters. The Morgan fingerprint density at radius 1 is 0.600 bits per heavy atom. The molecule has 0 aromatic heterocycles. The van der Waals surface area contributed by atoms with Gasteiger partial charge < -0.3 is 28.6 Å². The number of carbonyl (C=O) groups is 3. The Morgan fingerprint density at radius 2 is 1.08 bits per heavy atom. The van der Waals surface area contributed by atoms with Gasteiger partial charge in [0.15, 0.2) is 6.10 Å². The van der Waals surface area contributed by atoms with E-state index >= 15 is 0 Å². The van der Waals surface area contributed by atoms with E-state index in [0.717, 1.165) is 70.6 Å². The van der Waals surface area contributed by atoms with Gasteiger partial charge in [-0.05, 0) is 57.8 Å². The quantitative estimate of drug-likeness (QED) is 0.0213. The van der Waals surface area contributed by atoms with Crippen LogP contribution in [0.5, 0.6) is 0 Å². The van der Waals surface area contributed by atoms with E-state index in [4.69, 9.17) is 14.2 Å². The van der Waals surface area contributed by atoms with Crippen molar-refractivity contribution >= 4 is 17.9 Å². The summed E-state index contributed by atoms with van der Waals surface area (Å²) in [6.07, 6.45) is 35.9. The molecule has 0 bridgehead atoms. The van der Waals surface area contributed by atoms with E-state index in [0.29, 0.717) is 12.8 Å². The normalized spacial score (nSPS) is 13.4. The van der Waals surface area contributed by atoms with Gasteiger partial charge in [0.25, 0.3) is 0 Å². The Labute approximate surface area is 306 Å². The molecule has 0 N–H and O–H groups in total. The van der Waals surface area contributed by atoms with Crippen LogP contribution >= 0.6 is 0 Å². The van der Waals surface area contributed by atoms with Gasteiger partial charge in [-0.2, -0.15) is 0 Å². The summed E-state index contributed by atoms with van der Waals surface area (Å²) < 4.78 is 17.1. The van der Waals surface area contributed by atoms with E-state index in [2.05, 4.69) is 50.3 Å². The highest BCUT2D eigenvalue weighted by Crippen LogP contribution is 2.13. The largest absolute Gasteiger partial charge is 0.544 e. The second-order valence-electron chi connectivity index (χ2n) is 14.5. The molecule has 0 aromatic rings. The minimum atomic E-state index is -1.13. The van der Waals surface area contributed by atoms with Crippen molar-refractivity contribution < 1.29 is 38.2 Å². The Bertz CT molecular complexity index is 922. The van der Waals surface area contributed by atoms with Crippen molar-refractivity contribution in [3.8, 4) is 0 Å². The number of ether oxygens (including phenoxy) is 3. The molecule has 0 aliphatic carbocycles. The van der Waals surface area contributed by atoms with Crippen LogP contribution in [0.3, 0.4) is 0 Å². The van der Waals surface area contributed by atoms with Gasteiger partial charge in [0.2, 0.25) is 0 Å². The van der Waals surface area contributed by atoms with Gasteiger partial charge in [0.1, 0.15) is 12.6 Å². The fraction of sp³-hybridized carbons (Fsp3) is 0.786. The van der Waals surface area contributed by atoms with Gasteiger partial charge in [-0.15, -0.1) is 0 Å². The van der Waals surface area contributed by atoms with E-state index in [9.17, 15) is 19.5 Å². The topological polar surface area (TPSA) is 102 Å². The Morgan fingerprint density at radius 3 is 1.62 bits per heavy atom. The SMILES string of the molecule is CCCC/C=C/CCCCCCCC(=O)OC(COCCC(C(=O)[O-])[N+](C)(C)C)COC(=O)CCCCCCCC/C=C/C=C/CCCCC. The van der Waals surface area contributed by atoms with Crippen molar-refractivity contribution in [1.82, 2.24) is 0 Å². The number of rotatable bonds is 35. The van der Waals surface area contributed by atoms with Crippen LogP contribution in [0.15, 0.2) is 36.5 Å². The number of carboxylic acids is 1. The van der Waals surface area contributed by atoms with Crippen LogP contribution < -0.4 is 5.11 Å². The van der Waals surface area contributed by atoms with Crippen LogP contribution in [0.1, 0.15) is 162 Å². The van der Waals surface area contributed by atoms with Gasteiger partial charge in [0.05, 0.1) is 40.3 Å². The highest BCUT2D eigenvalue weighted by atomic mass is 16.6. The zero-order valence-corrected chi connectivity index (χ0v) is 32.8. The Hall–Kier alpha value is -2.45. The van der Waals surface area contributed by atoms with Crippen LogP contribution in [0.2, 0.25) is 0 Å². The third-order valence-electron chi connectivity index (χ3n) is 8.78. The van der Waals surface area contributed by atoms with E-state index in [1.165, 1.54) is 57.8 Å². The molecule has 0 aromatic carbocycles. The molecule has 0 fully saturated rings. The number of hydrogen-bond donors (Lipinski definition) is 0. The van der Waals surface area contributed by atoms with Crippen LogP contribution in [-0.4, -0.2) is 75.5 Å². The summed E-state index contributed by atoms with van der Waals surface area (Å²) >= 11 is 0. The number of carboxylic acid groups (broad SMARTS) is 1. The minimum Gasteiger partial charge on any atom is -0.544 e. The molecule has 8 heteroatoms. The number of esters is 2. The molecule has 0 saturated carbocycles. The van der Waals surface area contributed by atoms with Crippen molar-refractivity contribution in [3.63, 3.8) is 0 Å². The summed E-state index contributed by atoms with van der Waals surface area (Å²) in [5.41, 5.74) is 0. The standard InChI is InChI=1S/C42H75NO7/c1-6-8-10-12-14-16-18-19-20-21-23-24-26-28-30-32-40(44)49-37-38(36-48-35-34-39(42(46)47)43(3,4)5)50-41(45)33-31-29-27-25-22-17-15-13-11-9-7-2/h13-16,18-19,38-39H,6-12,17,20-37H2,1-5H3/b15-13+,16-14+,19-18+. The first kappa shape index (κ1) is 47.5. The zero-order chi connectivity index (χ0) is 37.1. The summed E-state index contributed by atoms with van der Waals surface area (Å²) in [4.78, 5) is 36.7. The molecule has 0 aliphatic heterocycles. The number of hydrogen-bond acceptors (Lipinski definition) is 7. The summed E-state index contributed by atoms with van der Waals surface area (Å²) in [6, 6.07) is -0.727. The summed E-state index contributed by atoms with van der Waals surface area (Å²) in [5, 5.41) is 11.6. The van der Waals surface area contributed by atoms with Gasteiger partial charge in [-0.25, -0.2) is 0 Å². The minimum absolute atomic E-state index is 0.0339. The maximum absolute atomic E-state index is 12.6. The number of quaternary nitrogens is 1. The maximum atomic E-state index is 12.6. The van der Waals surface area contributed by atoms with Crippen molar-refractivity contribution in [2.45, 2.75) is 174 Å². The number of aliphatic carboxylic acids is 1. The predicted molar refractivity (Wildman–Crippen MR) is 203 cm³/mol. The third kappa shape index (κ3) is 31.5. The average Bonchev–Trinajstić information content (AvgIpc) is 3.06. The first-order valence-corrected chi connectivity index (χ1v) is 20.0.